The van der Waals surface area contributed by atoms with Crippen LogP contribution in [0.5, 0.6) is 0 Å². The maximum absolute atomic E-state index is 12.7. The highest BCUT2D eigenvalue weighted by atomic mass is 79.9. The largest absolute Gasteiger partial charge is 0.345 e. The summed E-state index contributed by atoms with van der Waals surface area (Å²) in [4.78, 5) is 16.9. The first-order valence-corrected chi connectivity index (χ1v) is 8.80. The topological polar surface area (TPSA) is 68.0 Å². The Hall–Kier alpha value is -2.18. The summed E-state index contributed by atoms with van der Waals surface area (Å²) in [6.07, 6.45) is 0.391. The molecule has 0 saturated heterocycles. The van der Waals surface area contributed by atoms with Gasteiger partial charge in [-0.3, -0.25) is 4.79 Å². The molecule has 7 heteroatoms. The zero-order valence-corrected chi connectivity index (χ0v) is 15.7. The number of carbonyl (C=O) groups excluding carboxylic acids is 1. The molecule has 0 fully saturated rings. The molecule has 0 aliphatic heterocycles. The fourth-order valence-corrected chi connectivity index (χ4v) is 3.03. The minimum Gasteiger partial charge on any atom is -0.345 e. The Morgan fingerprint density at radius 2 is 2.00 bits per heavy atom. The number of nitrogens with zero attached hydrogens (tertiary/aromatic N) is 2. The molecule has 1 aromatic heterocycles. The molecule has 1 heterocycles. The van der Waals surface area contributed by atoms with Crippen molar-refractivity contribution in [3.05, 3.63) is 80.9 Å². The van der Waals surface area contributed by atoms with Gasteiger partial charge in [-0.25, -0.2) is 0 Å². The standard InChI is InChI=1S/C18H15BrClN3O2/c1-11-21-16(25-23-11)10-15(12-6-3-2-4-7-12)22-18(24)13-8-5-9-14(19)17(13)20/h2-9,15H,10H2,1H3,(H,22,24). The van der Waals surface area contributed by atoms with E-state index in [0.717, 1.165) is 5.56 Å². The second-order valence-electron chi connectivity index (χ2n) is 5.48. The van der Waals surface area contributed by atoms with Gasteiger partial charge < -0.3 is 9.84 Å². The first kappa shape index (κ1) is 17.6. The van der Waals surface area contributed by atoms with Gasteiger partial charge in [0.2, 0.25) is 5.89 Å². The van der Waals surface area contributed by atoms with E-state index in [0.29, 0.717) is 33.2 Å². The zero-order chi connectivity index (χ0) is 17.8. The summed E-state index contributed by atoms with van der Waals surface area (Å²) < 4.78 is 5.87. The number of amides is 1. The van der Waals surface area contributed by atoms with E-state index in [-0.39, 0.29) is 11.9 Å². The Morgan fingerprint density at radius 3 is 2.68 bits per heavy atom. The van der Waals surface area contributed by atoms with E-state index in [1.54, 1.807) is 25.1 Å². The summed E-state index contributed by atoms with van der Waals surface area (Å²) >= 11 is 9.57. The lowest BCUT2D eigenvalue weighted by molar-refractivity contribution is 0.0935. The first-order valence-electron chi connectivity index (χ1n) is 7.63. The summed E-state index contributed by atoms with van der Waals surface area (Å²) in [7, 11) is 0. The van der Waals surface area contributed by atoms with Crippen LogP contribution in [0.4, 0.5) is 0 Å². The maximum Gasteiger partial charge on any atom is 0.253 e. The molecule has 2 aromatic carbocycles. The number of halogens is 2. The number of hydrogen-bond acceptors (Lipinski definition) is 4. The van der Waals surface area contributed by atoms with Crippen LogP contribution in [0.15, 0.2) is 57.5 Å². The van der Waals surface area contributed by atoms with Gasteiger partial charge in [0.25, 0.3) is 5.91 Å². The number of aromatic nitrogens is 2. The van der Waals surface area contributed by atoms with Gasteiger partial charge in [-0.2, -0.15) is 4.98 Å². The quantitative estimate of drug-likeness (QED) is 0.659. The van der Waals surface area contributed by atoms with Gasteiger partial charge in [-0.1, -0.05) is 53.2 Å². The molecule has 128 valence electrons. The van der Waals surface area contributed by atoms with Crippen molar-refractivity contribution in [2.24, 2.45) is 0 Å². The van der Waals surface area contributed by atoms with E-state index in [2.05, 4.69) is 31.4 Å². The third-order valence-corrected chi connectivity index (χ3v) is 4.95. The number of nitrogens with one attached hydrogen (secondary N) is 1. The van der Waals surface area contributed by atoms with Gasteiger partial charge in [0.05, 0.1) is 23.0 Å². The molecule has 1 amide bonds. The molecule has 0 radical (unpaired) electrons. The minimum absolute atomic E-state index is 0.267. The molecule has 0 saturated carbocycles. The van der Waals surface area contributed by atoms with Crippen molar-refractivity contribution in [2.45, 2.75) is 19.4 Å². The Bertz CT molecular complexity index is 883. The third-order valence-electron chi connectivity index (χ3n) is 3.65. The molecule has 0 aliphatic carbocycles. The number of hydrogen-bond donors (Lipinski definition) is 1. The second kappa shape index (κ2) is 7.80. The van der Waals surface area contributed by atoms with E-state index in [4.69, 9.17) is 16.1 Å². The van der Waals surface area contributed by atoms with Crippen LogP contribution < -0.4 is 5.32 Å². The zero-order valence-electron chi connectivity index (χ0n) is 13.4. The van der Waals surface area contributed by atoms with Crippen LogP contribution in [0, 0.1) is 6.92 Å². The molecule has 3 aromatic rings. The molecule has 1 unspecified atom stereocenters. The van der Waals surface area contributed by atoms with Gasteiger partial charge in [-0.15, -0.1) is 0 Å². The lowest BCUT2D eigenvalue weighted by atomic mass is 10.0. The predicted octanol–water partition coefficient (Wildman–Crippen LogP) is 4.51. The van der Waals surface area contributed by atoms with Crippen molar-refractivity contribution in [2.75, 3.05) is 0 Å². The Morgan fingerprint density at radius 1 is 1.24 bits per heavy atom. The smallest absolute Gasteiger partial charge is 0.253 e. The highest BCUT2D eigenvalue weighted by Crippen LogP contribution is 2.27. The van der Waals surface area contributed by atoms with Gasteiger partial charge in [-0.05, 0) is 40.5 Å². The molecule has 25 heavy (non-hydrogen) atoms. The average Bonchev–Trinajstić information content (AvgIpc) is 3.02. The molecule has 1 atom stereocenters. The Balaban J connectivity index is 1.86. The predicted molar refractivity (Wildman–Crippen MR) is 98.5 cm³/mol. The SMILES string of the molecule is Cc1noc(CC(NC(=O)c2cccc(Br)c2Cl)c2ccccc2)n1. The van der Waals surface area contributed by atoms with Gasteiger partial charge in [0.1, 0.15) is 0 Å². The fourth-order valence-electron chi connectivity index (χ4n) is 2.45. The number of carbonyl (C=O) groups is 1. The summed E-state index contributed by atoms with van der Waals surface area (Å²) in [6.45, 7) is 1.75. The number of rotatable bonds is 5. The van der Waals surface area contributed by atoms with Crippen LogP contribution >= 0.6 is 27.5 Å². The van der Waals surface area contributed by atoms with Crippen molar-refractivity contribution in [1.82, 2.24) is 15.5 Å². The monoisotopic (exact) mass is 419 g/mol. The molecule has 0 aliphatic rings. The van der Waals surface area contributed by atoms with Crippen molar-refractivity contribution in [3.63, 3.8) is 0 Å². The summed E-state index contributed by atoms with van der Waals surface area (Å²) in [5.74, 6) is 0.756. The van der Waals surface area contributed by atoms with Crippen LogP contribution in [-0.2, 0) is 6.42 Å². The maximum atomic E-state index is 12.7. The average molecular weight is 421 g/mol. The van der Waals surface area contributed by atoms with Crippen molar-refractivity contribution in [1.29, 1.82) is 0 Å². The summed E-state index contributed by atoms with van der Waals surface area (Å²) in [5.41, 5.74) is 1.34. The van der Waals surface area contributed by atoms with Crippen LogP contribution in [-0.4, -0.2) is 16.0 Å². The van der Waals surface area contributed by atoms with E-state index in [1.807, 2.05) is 30.3 Å². The van der Waals surface area contributed by atoms with Crippen molar-refractivity contribution >= 4 is 33.4 Å². The second-order valence-corrected chi connectivity index (χ2v) is 6.71. The van der Waals surface area contributed by atoms with Crippen LogP contribution in [0.1, 0.15) is 33.7 Å². The van der Waals surface area contributed by atoms with Gasteiger partial charge in [0.15, 0.2) is 5.82 Å². The van der Waals surface area contributed by atoms with E-state index >= 15 is 0 Å². The van der Waals surface area contributed by atoms with Crippen LogP contribution in [0.3, 0.4) is 0 Å². The Kier molecular flexibility index (Phi) is 5.50. The normalized spacial score (nSPS) is 12.0. The summed E-state index contributed by atoms with van der Waals surface area (Å²) in [6, 6.07) is 14.6. The highest BCUT2D eigenvalue weighted by Gasteiger charge is 2.21. The minimum atomic E-state index is -0.316. The molecule has 0 spiro atoms. The van der Waals surface area contributed by atoms with E-state index in [9.17, 15) is 4.79 Å². The van der Waals surface area contributed by atoms with Crippen molar-refractivity contribution < 1.29 is 9.32 Å². The molecule has 5 nitrogen and oxygen atoms in total. The lowest BCUT2D eigenvalue weighted by Gasteiger charge is -2.18. The number of benzene rings is 2. The molecule has 1 N–H and O–H groups in total. The lowest BCUT2D eigenvalue weighted by Crippen LogP contribution is -2.30. The van der Waals surface area contributed by atoms with Crippen LogP contribution in [0.25, 0.3) is 0 Å². The molecular weight excluding hydrogens is 406 g/mol. The third kappa shape index (κ3) is 4.27. The number of aryl methyl sites for hydroxylation is 1. The van der Waals surface area contributed by atoms with E-state index in [1.165, 1.54) is 0 Å². The Labute approximate surface area is 158 Å². The van der Waals surface area contributed by atoms with Crippen molar-refractivity contribution in [3.8, 4) is 0 Å². The van der Waals surface area contributed by atoms with Crippen LogP contribution in [0.2, 0.25) is 5.02 Å². The summed E-state index contributed by atoms with van der Waals surface area (Å²) in [5, 5.41) is 7.18. The van der Waals surface area contributed by atoms with E-state index < -0.39 is 0 Å². The van der Waals surface area contributed by atoms with Gasteiger partial charge >= 0.3 is 0 Å². The molecular formula is C18H15BrClN3O2. The highest BCUT2D eigenvalue weighted by molar-refractivity contribution is 9.10. The first-order chi connectivity index (χ1) is 12.0. The molecule has 0 bridgehead atoms. The fraction of sp³-hybridized carbons (Fsp3) is 0.167. The van der Waals surface area contributed by atoms with Gasteiger partial charge in [0, 0.05) is 4.47 Å². The molecule has 3 rings (SSSR count).